The molecule has 0 bridgehead atoms. The minimum absolute atomic E-state index is 0.101. The Morgan fingerprint density at radius 1 is 1.13 bits per heavy atom. The van der Waals surface area contributed by atoms with Crippen LogP contribution in [-0.2, 0) is 17.8 Å². The number of nitrogens with zero attached hydrogens (tertiary/aromatic N) is 1. The van der Waals surface area contributed by atoms with Crippen LogP contribution >= 0.6 is 0 Å². The van der Waals surface area contributed by atoms with E-state index >= 15 is 0 Å². The van der Waals surface area contributed by atoms with E-state index in [1.807, 2.05) is 19.2 Å². The van der Waals surface area contributed by atoms with Gasteiger partial charge in [0.15, 0.2) is 0 Å². The van der Waals surface area contributed by atoms with Gasteiger partial charge in [-0.25, -0.2) is 4.79 Å². The van der Waals surface area contributed by atoms with Crippen molar-refractivity contribution in [2.24, 2.45) is 0 Å². The topological polar surface area (TPSA) is 71.8 Å². The second-order valence-electron chi connectivity index (χ2n) is 5.21. The first-order valence-corrected chi connectivity index (χ1v) is 7.20. The first kappa shape index (κ1) is 16.8. The Labute approximate surface area is 135 Å². The van der Waals surface area contributed by atoms with Gasteiger partial charge in [0.1, 0.15) is 5.76 Å². The van der Waals surface area contributed by atoms with Crippen molar-refractivity contribution in [3.63, 3.8) is 0 Å². The lowest BCUT2D eigenvalue weighted by atomic mass is 10.1. The summed E-state index contributed by atoms with van der Waals surface area (Å²) >= 11 is 0. The van der Waals surface area contributed by atoms with E-state index in [2.05, 4.69) is 15.0 Å². The van der Waals surface area contributed by atoms with Crippen molar-refractivity contribution in [1.29, 1.82) is 0 Å². The lowest BCUT2D eigenvalue weighted by Gasteiger charge is -2.15. The summed E-state index contributed by atoms with van der Waals surface area (Å²) in [5, 5.41) is 2.59. The minimum Gasteiger partial charge on any atom is -0.463 e. The van der Waals surface area contributed by atoms with Gasteiger partial charge < -0.3 is 14.5 Å². The highest BCUT2D eigenvalue weighted by molar-refractivity contribution is 5.93. The van der Waals surface area contributed by atoms with E-state index < -0.39 is 5.97 Å². The Hall–Kier alpha value is -2.60. The van der Waals surface area contributed by atoms with Crippen molar-refractivity contribution in [1.82, 2.24) is 10.2 Å². The van der Waals surface area contributed by atoms with E-state index in [1.165, 1.54) is 7.11 Å². The van der Waals surface area contributed by atoms with Crippen LogP contribution in [0.4, 0.5) is 0 Å². The van der Waals surface area contributed by atoms with Gasteiger partial charge in [0, 0.05) is 19.2 Å². The largest absolute Gasteiger partial charge is 0.463 e. The Balaban J connectivity index is 1.94. The van der Waals surface area contributed by atoms with E-state index in [1.54, 1.807) is 31.3 Å². The summed E-state index contributed by atoms with van der Waals surface area (Å²) < 4.78 is 10.1. The van der Waals surface area contributed by atoms with Crippen LogP contribution in [0.3, 0.4) is 0 Å². The summed E-state index contributed by atoms with van der Waals surface area (Å²) in [5.41, 5.74) is 1.72. The summed E-state index contributed by atoms with van der Waals surface area (Å²) in [5.74, 6) is 0.306. The Morgan fingerprint density at radius 2 is 1.83 bits per heavy atom. The molecule has 2 rings (SSSR count). The number of carbonyl (C=O) groups is 2. The molecule has 6 nitrogen and oxygen atoms in total. The van der Waals surface area contributed by atoms with Crippen molar-refractivity contribution < 1.29 is 18.7 Å². The maximum atomic E-state index is 11.5. The van der Waals surface area contributed by atoms with Crippen molar-refractivity contribution in [3.8, 4) is 0 Å². The average Bonchev–Trinajstić information content (AvgIpc) is 3.02. The van der Waals surface area contributed by atoms with Crippen LogP contribution in [0.15, 0.2) is 40.8 Å². The zero-order valence-electron chi connectivity index (χ0n) is 13.5. The molecule has 0 saturated heterocycles. The van der Waals surface area contributed by atoms with Gasteiger partial charge in [-0.1, -0.05) is 12.1 Å². The summed E-state index contributed by atoms with van der Waals surface area (Å²) in [6, 6.07) is 10.8. The van der Waals surface area contributed by atoms with Crippen LogP contribution in [0.2, 0.25) is 0 Å². The van der Waals surface area contributed by atoms with Crippen LogP contribution in [0.5, 0.6) is 0 Å². The van der Waals surface area contributed by atoms with Crippen molar-refractivity contribution >= 4 is 11.9 Å². The van der Waals surface area contributed by atoms with Crippen LogP contribution in [-0.4, -0.2) is 38.0 Å². The first-order chi connectivity index (χ1) is 11.0. The third kappa shape index (κ3) is 4.43. The molecule has 6 heteroatoms. The summed E-state index contributed by atoms with van der Waals surface area (Å²) in [7, 11) is 4.88. The van der Waals surface area contributed by atoms with Gasteiger partial charge in [0.25, 0.3) is 5.91 Å². The number of amides is 1. The molecule has 0 aliphatic rings. The lowest BCUT2D eigenvalue weighted by Crippen LogP contribution is -2.19. The molecule has 2 aromatic rings. The second-order valence-corrected chi connectivity index (χ2v) is 5.21. The Bertz CT molecular complexity index is 676. The van der Waals surface area contributed by atoms with Gasteiger partial charge in [-0.05, 0) is 36.9 Å². The number of ether oxygens (including phenoxy) is 1. The molecule has 0 radical (unpaired) electrons. The molecule has 0 fully saturated rings. The third-order valence-electron chi connectivity index (χ3n) is 3.37. The average molecular weight is 316 g/mol. The first-order valence-electron chi connectivity index (χ1n) is 7.20. The lowest BCUT2D eigenvalue weighted by molar-refractivity contribution is 0.0561. The molecular formula is C17H20N2O4. The molecule has 1 amide bonds. The molecule has 0 atom stereocenters. The van der Waals surface area contributed by atoms with Gasteiger partial charge in [-0.15, -0.1) is 0 Å². The van der Waals surface area contributed by atoms with Gasteiger partial charge >= 0.3 is 5.97 Å². The molecule has 122 valence electrons. The number of hydrogen-bond acceptors (Lipinski definition) is 5. The van der Waals surface area contributed by atoms with Crippen molar-refractivity contribution in [2.75, 3.05) is 21.2 Å². The summed E-state index contributed by atoms with van der Waals surface area (Å²) in [4.78, 5) is 24.9. The number of nitrogens with one attached hydrogen (secondary N) is 1. The molecule has 1 heterocycles. The molecule has 0 aliphatic heterocycles. The molecule has 0 unspecified atom stereocenters. The predicted molar refractivity (Wildman–Crippen MR) is 85.1 cm³/mol. The van der Waals surface area contributed by atoms with Gasteiger partial charge in [-0.3, -0.25) is 9.69 Å². The smallest absolute Gasteiger partial charge is 0.373 e. The SMILES string of the molecule is CNC(=O)c1ccc(CN(C)Cc2ccc(C(=O)OC)o2)cc1. The highest BCUT2D eigenvalue weighted by Crippen LogP contribution is 2.13. The molecular weight excluding hydrogens is 296 g/mol. The molecule has 1 aromatic carbocycles. The summed E-state index contributed by atoms with van der Waals surface area (Å²) in [6.07, 6.45) is 0. The maximum Gasteiger partial charge on any atom is 0.373 e. The Morgan fingerprint density at radius 3 is 2.43 bits per heavy atom. The van der Waals surface area contributed by atoms with E-state index in [0.717, 1.165) is 5.56 Å². The molecule has 23 heavy (non-hydrogen) atoms. The third-order valence-corrected chi connectivity index (χ3v) is 3.37. The normalized spacial score (nSPS) is 10.6. The highest BCUT2D eigenvalue weighted by Gasteiger charge is 2.12. The molecule has 0 spiro atoms. The zero-order valence-corrected chi connectivity index (χ0v) is 13.5. The Kier molecular flexibility index (Phi) is 5.54. The molecule has 0 saturated carbocycles. The van der Waals surface area contributed by atoms with Crippen LogP contribution in [0, 0.1) is 0 Å². The van der Waals surface area contributed by atoms with Gasteiger partial charge in [0.05, 0.1) is 13.7 Å². The maximum absolute atomic E-state index is 11.5. The monoisotopic (exact) mass is 316 g/mol. The van der Waals surface area contributed by atoms with E-state index in [9.17, 15) is 9.59 Å². The number of hydrogen-bond donors (Lipinski definition) is 1. The number of carbonyl (C=O) groups excluding carboxylic acids is 2. The number of esters is 1. The van der Waals surface area contributed by atoms with E-state index in [4.69, 9.17) is 4.42 Å². The molecule has 1 aromatic heterocycles. The predicted octanol–water partition coefficient (Wildman–Crippen LogP) is 2.06. The van der Waals surface area contributed by atoms with Gasteiger partial charge in [-0.2, -0.15) is 0 Å². The van der Waals surface area contributed by atoms with Crippen LogP contribution < -0.4 is 5.32 Å². The van der Waals surface area contributed by atoms with Gasteiger partial charge in [0.2, 0.25) is 5.76 Å². The fourth-order valence-corrected chi connectivity index (χ4v) is 2.21. The number of methoxy groups -OCH3 is 1. The van der Waals surface area contributed by atoms with Crippen molar-refractivity contribution in [2.45, 2.75) is 13.1 Å². The van der Waals surface area contributed by atoms with Crippen molar-refractivity contribution in [3.05, 3.63) is 59.0 Å². The highest BCUT2D eigenvalue weighted by atomic mass is 16.5. The van der Waals surface area contributed by atoms with E-state index in [0.29, 0.717) is 24.4 Å². The fraction of sp³-hybridized carbons (Fsp3) is 0.294. The quantitative estimate of drug-likeness (QED) is 0.826. The van der Waals surface area contributed by atoms with Crippen LogP contribution in [0.1, 0.15) is 32.2 Å². The standard InChI is InChI=1S/C17H20N2O4/c1-18-16(20)13-6-4-12(5-7-13)10-19(2)11-14-8-9-15(23-14)17(21)22-3/h4-9H,10-11H2,1-3H3,(H,18,20). The number of rotatable bonds is 6. The fourth-order valence-electron chi connectivity index (χ4n) is 2.21. The molecule has 1 N–H and O–H groups in total. The number of furan rings is 1. The number of benzene rings is 1. The van der Waals surface area contributed by atoms with Crippen LogP contribution in [0.25, 0.3) is 0 Å². The molecule has 0 aliphatic carbocycles. The van der Waals surface area contributed by atoms with E-state index in [-0.39, 0.29) is 11.7 Å². The minimum atomic E-state index is -0.483. The second kappa shape index (κ2) is 7.60. The summed E-state index contributed by atoms with van der Waals surface area (Å²) in [6.45, 7) is 1.26. The zero-order chi connectivity index (χ0) is 16.8.